The number of hydrogen-bond donors (Lipinski definition) is 1. The van der Waals surface area contributed by atoms with Crippen LogP contribution in [0, 0.1) is 6.92 Å². The maximum atomic E-state index is 11.4. The molecule has 5 heteroatoms. The lowest BCUT2D eigenvalue weighted by molar-refractivity contribution is 0.184. The Morgan fingerprint density at radius 1 is 1.71 bits per heavy atom. The lowest BCUT2D eigenvalue weighted by Gasteiger charge is -2.26. The number of urea groups is 1. The van der Waals surface area contributed by atoms with Crippen LogP contribution in [0.4, 0.5) is 4.79 Å². The zero-order chi connectivity index (χ0) is 9.97. The number of nitrogens with zero attached hydrogens (tertiary/aromatic N) is 2. The van der Waals surface area contributed by atoms with E-state index in [1.165, 1.54) is 4.88 Å². The van der Waals surface area contributed by atoms with Crippen LogP contribution < -0.4 is 5.32 Å². The number of carbonyl (C=O) groups excluding carboxylic acids is 1. The highest BCUT2D eigenvalue weighted by atomic mass is 32.1. The number of amides is 2. The predicted molar refractivity (Wildman–Crippen MR) is 55.3 cm³/mol. The van der Waals surface area contributed by atoms with E-state index in [-0.39, 0.29) is 6.03 Å². The molecule has 2 rings (SSSR count). The maximum Gasteiger partial charge on any atom is 0.317 e. The summed E-state index contributed by atoms with van der Waals surface area (Å²) in [5.74, 6) is 0. The second-order valence-corrected chi connectivity index (χ2v) is 4.31. The fourth-order valence-corrected chi connectivity index (χ4v) is 2.27. The molecule has 1 aliphatic heterocycles. The third-order valence-corrected chi connectivity index (χ3v) is 3.27. The monoisotopic (exact) mass is 211 g/mol. The zero-order valence-electron chi connectivity index (χ0n) is 8.12. The van der Waals surface area contributed by atoms with E-state index >= 15 is 0 Å². The number of nitrogens with one attached hydrogen (secondary N) is 1. The van der Waals surface area contributed by atoms with E-state index in [1.807, 2.05) is 17.3 Å². The minimum absolute atomic E-state index is 0.0454. The van der Waals surface area contributed by atoms with Crippen molar-refractivity contribution in [2.45, 2.75) is 19.9 Å². The molecule has 76 valence electrons. The summed E-state index contributed by atoms with van der Waals surface area (Å²) in [6.45, 7) is 4.33. The van der Waals surface area contributed by atoms with Crippen LogP contribution in [0.5, 0.6) is 0 Å². The first-order valence-electron chi connectivity index (χ1n) is 4.69. The standard InChI is InChI=1S/C9H13N3OS/c1-7-8(14-6-11-7)5-12-4-2-3-10-9(12)13/h6H,2-5H2,1H3,(H,10,13). The van der Waals surface area contributed by atoms with Gasteiger partial charge in [0.2, 0.25) is 0 Å². The molecule has 0 saturated carbocycles. The summed E-state index contributed by atoms with van der Waals surface area (Å²) >= 11 is 1.61. The molecule has 4 nitrogen and oxygen atoms in total. The highest BCUT2D eigenvalue weighted by Crippen LogP contribution is 2.15. The smallest absolute Gasteiger partial charge is 0.317 e. The number of hydrogen-bond acceptors (Lipinski definition) is 3. The molecule has 0 aromatic carbocycles. The molecule has 1 fully saturated rings. The van der Waals surface area contributed by atoms with Crippen LogP contribution >= 0.6 is 11.3 Å². The van der Waals surface area contributed by atoms with E-state index in [4.69, 9.17) is 0 Å². The SMILES string of the molecule is Cc1ncsc1CN1CCCNC1=O. The first-order valence-corrected chi connectivity index (χ1v) is 5.57. The van der Waals surface area contributed by atoms with Crippen molar-refractivity contribution in [2.75, 3.05) is 13.1 Å². The molecule has 1 aliphatic rings. The van der Waals surface area contributed by atoms with Crippen LogP contribution in [0.15, 0.2) is 5.51 Å². The van der Waals surface area contributed by atoms with Crippen molar-refractivity contribution >= 4 is 17.4 Å². The Hall–Kier alpha value is -1.10. The Kier molecular flexibility index (Phi) is 2.67. The Labute approximate surface area is 86.9 Å². The molecule has 1 N–H and O–H groups in total. The number of thiazole rings is 1. The van der Waals surface area contributed by atoms with Crippen LogP contribution in [0.2, 0.25) is 0 Å². The van der Waals surface area contributed by atoms with Crippen molar-refractivity contribution in [3.05, 3.63) is 16.1 Å². The average Bonchev–Trinajstić information content (AvgIpc) is 2.56. The van der Waals surface area contributed by atoms with Crippen molar-refractivity contribution < 1.29 is 4.79 Å². The van der Waals surface area contributed by atoms with Gasteiger partial charge in [0.25, 0.3) is 0 Å². The summed E-state index contributed by atoms with van der Waals surface area (Å²) < 4.78 is 0. The van der Waals surface area contributed by atoms with Crippen molar-refractivity contribution in [1.29, 1.82) is 0 Å². The normalized spacial score (nSPS) is 16.9. The van der Waals surface area contributed by atoms with Crippen LogP contribution in [0.25, 0.3) is 0 Å². The van der Waals surface area contributed by atoms with Crippen LogP contribution in [0.1, 0.15) is 17.0 Å². The lowest BCUT2D eigenvalue weighted by atomic mass is 10.3. The molecule has 1 aromatic rings. The molecule has 2 heterocycles. The summed E-state index contributed by atoms with van der Waals surface area (Å²) in [5, 5.41) is 2.84. The average molecular weight is 211 g/mol. The fraction of sp³-hybridized carbons (Fsp3) is 0.556. The van der Waals surface area contributed by atoms with Gasteiger partial charge >= 0.3 is 6.03 Å². The minimum atomic E-state index is 0.0454. The zero-order valence-corrected chi connectivity index (χ0v) is 8.93. The third-order valence-electron chi connectivity index (χ3n) is 2.35. The largest absolute Gasteiger partial charge is 0.338 e. The second-order valence-electron chi connectivity index (χ2n) is 3.37. The van der Waals surface area contributed by atoms with Gasteiger partial charge in [-0.15, -0.1) is 11.3 Å². The van der Waals surface area contributed by atoms with Crippen molar-refractivity contribution in [3.63, 3.8) is 0 Å². The topological polar surface area (TPSA) is 45.2 Å². The highest BCUT2D eigenvalue weighted by Gasteiger charge is 2.18. The van der Waals surface area contributed by atoms with Gasteiger partial charge in [0.05, 0.1) is 17.7 Å². The van der Waals surface area contributed by atoms with E-state index in [2.05, 4.69) is 10.3 Å². The van der Waals surface area contributed by atoms with Crippen LogP contribution in [-0.2, 0) is 6.54 Å². The summed E-state index contributed by atoms with van der Waals surface area (Å²) in [7, 11) is 0. The van der Waals surface area contributed by atoms with Crippen molar-refractivity contribution in [2.24, 2.45) is 0 Å². The van der Waals surface area contributed by atoms with Gasteiger partial charge < -0.3 is 10.2 Å². The van der Waals surface area contributed by atoms with Gasteiger partial charge in [-0.2, -0.15) is 0 Å². The quantitative estimate of drug-likeness (QED) is 0.803. The second kappa shape index (κ2) is 3.96. The van der Waals surface area contributed by atoms with Crippen LogP contribution in [0.3, 0.4) is 0 Å². The highest BCUT2D eigenvalue weighted by molar-refractivity contribution is 7.09. The Morgan fingerprint density at radius 2 is 2.57 bits per heavy atom. The first kappa shape index (κ1) is 9.45. The number of aryl methyl sites for hydroxylation is 1. The van der Waals surface area contributed by atoms with Gasteiger partial charge in [0, 0.05) is 18.0 Å². The molecular weight excluding hydrogens is 198 g/mol. The first-order chi connectivity index (χ1) is 6.77. The minimum Gasteiger partial charge on any atom is -0.338 e. The van der Waals surface area contributed by atoms with Gasteiger partial charge in [-0.3, -0.25) is 0 Å². The molecule has 0 spiro atoms. The molecule has 14 heavy (non-hydrogen) atoms. The van der Waals surface area contributed by atoms with Crippen molar-refractivity contribution in [1.82, 2.24) is 15.2 Å². The molecular formula is C9H13N3OS. The van der Waals surface area contributed by atoms with Gasteiger partial charge in [0.1, 0.15) is 0 Å². The molecule has 0 atom stereocenters. The third kappa shape index (κ3) is 1.87. The number of carbonyl (C=O) groups is 1. The van der Waals surface area contributed by atoms with E-state index < -0.39 is 0 Å². The Bertz CT molecular complexity index is 337. The molecule has 2 amide bonds. The summed E-state index contributed by atoms with van der Waals surface area (Å²) in [6.07, 6.45) is 1.03. The Balaban J connectivity index is 2.03. The number of aromatic nitrogens is 1. The summed E-state index contributed by atoms with van der Waals surface area (Å²) in [4.78, 5) is 18.6. The van der Waals surface area contributed by atoms with E-state index in [0.29, 0.717) is 6.54 Å². The summed E-state index contributed by atoms with van der Waals surface area (Å²) in [6, 6.07) is 0.0454. The van der Waals surface area contributed by atoms with Gasteiger partial charge in [-0.25, -0.2) is 9.78 Å². The molecule has 0 aliphatic carbocycles. The molecule has 0 unspecified atom stereocenters. The predicted octanol–water partition coefficient (Wildman–Crippen LogP) is 1.37. The summed E-state index contributed by atoms with van der Waals surface area (Å²) in [5.41, 5.74) is 2.86. The molecule has 1 aromatic heterocycles. The maximum absolute atomic E-state index is 11.4. The van der Waals surface area contributed by atoms with Gasteiger partial charge in [-0.1, -0.05) is 0 Å². The number of rotatable bonds is 2. The van der Waals surface area contributed by atoms with Crippen molar-refractivity contribution in [3.8, 4) is 0 Å². The lowest BCUT2D eigenvalue weighted by Crippen LogP contribution is -2.45. The fourth-order valence-electron chi connectivity index (χ4n) is 1.48. The molecule has 0 radical (unpaired) electrons. The van der Waals surface area contributed by atoms with Gasteiger partial charge in [-0.05, 0) is 13.3 Å². The van der Waals surface area contributed by atoms with E-state index in [9.17, 15) is 4.79 Å². The molecule has 1 saturated heterocycles. The van der Waals surface area contributed by atoms with Gasteiger partial charge in [0.15, 0.2) is 0 Å². The molecule has 0 bridgehead atoms. The Morgan fingerprint density at radius 3 is 3.21 bits per heavy atom. The van der Waals surface area contributed by atoms with E-state index in [1.54, 1.807) is 11.3 Å². The van der Waals surface area contributed by atoms with Crippen LogP contribution in [-0.4, -0.2) is 29.0 Å². The van der Waals surface area contributed by atoms with E-state index in [0.717, 1.165) is 25.2 Å².